The lowest BCUT2D eigenvalue weighted by Gasteiger charge is -2.41. The van der Waals surface area contributed by atoms with Crippen molar-refractivity contribution in [2.24, 2.45) is 0 Å². The Morgan fingerprint density at radius 1 is 1.13 bits per heavy atom. The lowest BCUT2D eigenvalue weighted by Crippen LogP contribution is -2.45. The molecule has 2 aromatic rings. The summed E-state index contributed by atoms with van der Waals surface area (Å²) in [7, 11) is 2.96. The van der Waals surface area contributed by atoms with Crippen molar-refractivity contribution in [1.82, 2.24) is 4.90 Å². The predicted octanol–water partition coefficient (Wildman–Crippen LogP) is 3.60. The fraction of sp³-hybridized carbons (Fsp3) is 0.391. The molecule has 8 nitrogen and oxygen atoms in total. The molecule has 4 rings (SSSR count). The summed E-state index contributed by atoms with van der Waals surface area (Å²) in [6.45, 7) is 2.58. The zero-order chi connectivity index (χ0) is 22.1. The minimum absolute atomic E-state index is 0.115. The summed E-state index contributed by atoms with van der Waals surface area (Å²) in [5, 5.41) is 10.3. The van der Waals surface area contributed by atoms with Gasteiger partial charge in [-0.3, -0.25) is 9.59 Å². The number of fused-ring (bicyclic) bond motifs is 2. The highest BCUT2D eigenvalue weighted by molar-refractivity contribution is 6.01. The molecule has 0 aromatic heterocycles. The van der Waals surface area contributed by atoms with Crippen LogP contribution in [0.2, 0.25) is 0 Å². The van der Waals surface area contributed by atoms with E-state index < -0.39 is 17.9 Å². The van der Waals surface area contributed by atoms with Crippen LogP contribution >= 0.6 is 0 Å². The molecule has 2 atom stereocenters. The number of methoxy groups -OCH3 is 2. The molecule has 2 heterocycles. The average Bonchev–Trinajstić information content (AvgIpc) is 3.25. The van der Waals surface area contributed by atoms with Gasteiger partial charge in [-0.15, -0.1) is 0 Å². The molecule has 2 aliphatic heterocycles. The number of ether oxygens (including phenoxy) is 4. The number of rotatable bonds is 7. The molecule has 2 aromatic carbocycles. The van der Waals surface area contributed by atoms with E-state index in [1.165, 1.54) is 14.2 Å². The quantitative estimate of drug-likeness (QED) is 0.721. The summed E-state index contributed by atoms with van der Waals surface area (Å²) in [6, 6.07) is 7.79. The molecule has 8 heteroatoms. The van der Waals surface area contributed by atoms with Gasteiger partial charge in [0.25, 0.3) is 5.91 Å². The van der Waals surface area contributed by atoms with E-state index in [1.54, 1.807) is 35.2 Å². The molecule has 0 unspecified atom stereocenters. The normalized spacial score (nSPS) is 19.2. The summed E-state index contributed by atoms with van der Waals surface area (Å²) in [6.07, 6.45) is 1.62. The maximum absolute atomic E-state index is 13.6. The van der Waals surface area contributed by atoms with E-state index >= 15 is 0 Å². The van der Waals surface area contributed by atoms with Crippen molar-refractivity contribution < 1.29 is 33.6 Å². The van der Waals surface area contributed by atoms with Gasteiger partial charge in [-0.1, -0.05) is 19.4 Å². The van der Waals surface area contributed by atoms with Crippen molar-refractivity contribution in [1.29, 1.82) is 0 Å². The highest BCUT2D eigenvalue weighted by Gasteiger charge is 2.45. The van der Waals surface area contributed by atoms with Crippen molar-refractivity contribution >= 4 is 11.9 Å². The van der Waals surface area contributed by atoms with Crippen LogP contribution in [0.1, 0.15) is 53.2 Å². The van der Waals surface area contributed by atoms with Gasteiger partial charge < -0.3 is 29.0 Å². The van der Waals surface area contributed by atoms with Gasteiger partial charge >= 0.3 is 5.97 Å². The third-order valence-corrected chi connectivity index (χ3v) is 5.79. The van der Waals surface area contributed by atoms with E-state index in [0.29, 0.717) is 46.2 Å². The number of carboxylic acids is 1. The number of hydrogen-bond donors (Lipinski definition) is 1. The first kappa shape index (κ1) is 20.8. The fourth-order valence-electron chi connectivity index (χ4n) is 4.27. The standard InChI is InChI=1S/C23H25NO7/c1-4-5-8-24-21(13-6-7-16-19(9-13)31-12-30-16)20(23(26)27)14-10-17(28-2)18(29-3)11-15(14)22(24)25/h6-7,9-11,20-21H,4-5,8,12H2,1-3H3,(H,26,27)/t20-,21-/m1/s1. The van der Waals surface area contributed by atoms with Crippen molar-refractivity contribution in [2.75, 3.05) is 27.6 Å². The lowest BCUT2D eigenvalue weighted by molar-refractivity contribution is -0.140. The molecule has 1 amide bonds. The molecule has 2 aliphatic rings. The maximum Gasteiger partial charge on any atom is 0.313 e. The van der Waals surface area contributed by atoms with E-state index in [9.17, 15) is 14.7 Å². The molecule has 0 saturated heterocycles. The minimum atomic E-state index is -1.02. The Bertz CT molecular complexity index is 1020. The first-order chi connectivity index (χ1) is 15.0. The number of unbranched alkanes of at least 4 members (excludes halogenated alkanes) is 1. The van der Waals surface area contributed by atoms with Crippen LogP contribution in [-0.2, 0) is 4.79 Å². The number of amides is 1. The number of carbonyl (C=O) groups is 2. The minimum Gasteiger partial charge on any atom is -0.493 e. The average molecular weight is 427 g/mol. The Labute approximate surface area is 180 Å². The Hall–Kier alpha value is -3.42. The molecule has 0 fully saturated rings. The van der Waals surface area contributed by atoms with Gasteiger partial charge in [-0.2, -0.15) is 0 Å². The van der Waals surface area contributed by atoms with Gasteiger partial charge in [0.15, 0.2) is 23.0 Å². The summed E-state index contributed by atoms with van der Waals surface area (Å²) < 4.78 is 21.6. The van der Waals surface area contributed by atoms with Gasteiger partial charge in [0, 0.05) is 12.1 Å². The summed E-state index contributed by atoms with van der Waals surface area (Å²) in [5.74, 6) is -0.325. The lowest BCUT2D eigenvalue weighted by atomic mass is 9.79. The Morgan fingerprint density at radius 3 is 2.52 bits per heavy atom. The van der Waals surface area contributed by atoms with Gasteiger partial charge in [0.1, 0.15) is 5.92 Å². The van der Waals surface area contributed by atoms with Crippen LogP contribution in [0.4, 0.5) is 0 Å². The number of benzene rings is 2. The van der Waals surface area contributed by atoms with Crippen LogP contribution < -0.4 is 18.9 Å². The first-order valence-corrected chi connectivity index (χ1v) is 10.2. The summed E-state index contributed by atoms with van der Waals surface area (Å²) >= 11 is 0. The monoisotopic (exact) mass is 427 g/mol. The molecule has 1 N–H and O–H groups in total. The number of aliphatic carboxylic acids is 1. The van der Waals surface area contributed by atoms with Crippen LogP contribution in [0.25, 0.3) is 0 Å². The smallest absolute Gasteiger partial charge is 0.313 e. The zero-order valence-corrected chi connectivity index (χ0v) is 17.7. The van der Waals surface area contributed by atoms with Crippen LogP contribution in [0.3, 0.4) is 0 Å². The van der Waals surface area contributed by atoms with Gasteiger partial charge in [-0.05, 0) is 41.8 Å². The molecule has 0 bridgehead atoms. The molecular formula is C23H25NO7. The van der Waals surface area contributed by atoms with Gasteiger partial charge in [0.2, 0.25) is 6.79 Å². The Balaban J connectivity index is 1.91. The van der Waals surface area contributed by atoms with Crippen molar-refractivity contribution in [2.45, 2.75) is 31.7 Å². The van der Waals surface area contributed by atoms with E-state index in [2.05, 4.69) is 0 Å². The third kappa shape index (κ3) is 3.52. The molecule has 0 aliphatic carbocycles. The highest BCUT2D eigenvalue weighted by atomic mass is 16.7. The Morgan fingerprint density at radius 2 is 1.84 bits per heavy atom. The maximum atomic E-state index is 13.6. The summed E-state index contributed by atoms with van der Waals surface area (Å²) in [5.41, 5.74) is 1.41. The zero-order valence-electron chi connectivity index (χ0n) is 17.7. The second-order valence-corrected chi connectivity index (χ2v) is 7.52. The van der Waals surface area contributed by atoms with Crippen LogP contribution in [-0.4, -0.2) is 49.4 Å². The van der Waals surface area contributed by atoms with E-state index in [4.69, 9.17) is 18.9 Å². The van der Waals surface area contributed by atoms with Crippen molar-refractivity contribution in [3.63, 3.8) is 0 Å². The first-order valence-electron chi connectivity index (χ1n) is 10.2. The SMILES string of the molecule is CCCCN1C(=O)c2cc(OC)c(OC)cc2[C@@H](C(=O)O)[C@H]1c1ccc2c(c1)OCO2. The molecule has 0 radical (unpaired) electrons. The van der Waals surface area contributed by atoms with Crippen LogP contribution in [0.5, 0.6) is 23.0 Å². The van der Waals surface area contributed by atoms with Gasteiger partial charge in [-0.25, -0.2) is 0 Å². The second kappa shape index (κ2) is 8.37. The highest BCUT2D eigenvalue weighted by Crippen LogP contribution is 2.47. The third-order valence-electron chi connectivity index (χ3n) is 5.79. The number of carboxylic acid groups (broad SMARTS) is 1. The van der Waals surface area contributed by atoms with E-state index in [0.717, 1.165) is 12.8 Å². The molecule has 0 spiro atoms. The fourth-order valence-corrected chi connectivity index (χ4v) is 4.27. The van der Waals surface area contributed by atoms with Gasteiger partial charge in [0.05, 0.1) is 20.3 Å². The molecule has 31 heavy (non-hydrogen) atoms. The molecule has 164 valence electrons. The predicted molar refractivity (Wildman–Crippen MR) is 111 cm³/mol. The molecular weight excluding hydrogens is 402 g/mol. The van der Waals surface area contributed by atoms with E-state index in [1.807, 2.05) is 6.92 Å². The number of carbonyl (C=O) groups excluding carboxylic acids is 1. The number of hydrogen-bond acceptors (Lipinski definition) is 6. The van der Waals surface area contributed by atoms with Crippen molar-refractivity contribution in [3.8, 4) is 23.0 Å². The molecule has 0 saturated carbocycles. The van der Waals surface area contributed by atoms with E-state index in [-0.39, 0.29) is 12.7 Å². The number of nitrogens with zero attached hydrogens (tertiary/aromatic N) is 1. The Kier molecular flexibility index (Phi) is 5.63. The topological polar surface area (TPSA) is 94.5 Å². The second-order valence-electron chi connectivity index (χ2n) is 7.52. The largest absolute Gasteiger partial charge is 0.493 e. The van der Waals surface area contributed by atoms with Crippen LogP contribution in [0, 0.1) is 0 Å². The van der Waals surface area contributed by atoms with Crippen molar-refractivity contribution in [3.05, 3.63) is 47.0 Å². The summed E-state index contributed by atoms with van der Waals surface area (Å²) in [4.78, 5) is 27.8. The van der Waals surface area contributed by atoms with Crippen LogP contribution in [0.15, 0.2) is 30.3 Å².